The quantitative estimate of drug-likeness (QED) is 0.642. The third kappa shape index (κ3) is 4.50. The lowest BCUT2D eigenvalue weighted by Gasteiger charge is -2.12. The molecule has 0 saturated carbocycles. The van der Waals surface area contributed by atoms with Gasteiger partial charge in [0.15, 0.2) is 0 Å². The van der Waals surface area contributed by atoms with E-state index in [1.807, 2.05) is 6.92 Å². The Morgan fingerprint density at radius 1 is 1.58 bits per heavy atom. The van der Waals surface area contributed by atoms with Crippen molar-refractivity contribution in [2.75, 3.05) is 20.3 Å². The van der Waals surface area contributed by atoms with Gasteiger partial charge in [0.25, 0.3) is 11.6 Å². The fraction of sp³-hybridized carbons (Fsp3) is 0.417. The number of nitrogens with zero attached hydrogens (tertiary/aromatic N) is 1. The Kier molecular flexibility index (Phi) is 5.72. The highest BCUT2D eigenvalue weighted by Crippen LogP contribution is 2.22. The Bertz CT molecular complexity index is 479. The van der Waals surface area contributed by atoms with E-state index < -0.39 is 4.92 Å². The highest BCUT2D eigenvalue weighted by Gasteiger charge is 2.15. The van der Waals surface area contributed by atoms with Crippen LogP contribution in [0.2, 0.25) is 5.02 Å². The number of benzene rings is 1. The van der Waals surface area contributed by atoms with Gasteiger partial charge in [-0.1, -0.05) is 18.5 Å². The second kappa shape index (κ2) is 7.06. The van der Waals surface area contributed by atoms with Gasteiger partial charge in [0.2, 0.25) is 0 Å². The molecule has 0 saturated heterocycles. The van der Waals surface area contributed by atoms with Crippen LogP contribution in [0.3, 0.4) is 0 Å². The molecule has 0 aliphatic heterocycles. The lowest BCUT2D eigenvalue weighted by molar-refractivity contribution is -0.384. The van der Waals surface area contributed by atoms with E-state index in [0.29, 0.717) is 13.2 Å². The number of halogens is 1. The van der Waals surface area contributed by atoms with Gasteiger partial charge in [0, 0.05) is 25.8 Å². The van der Waals surface area contributed by atoms with Crippen LogP contribution in [0.4, 0.5) is 5.69 Å². The fourth-order valence-corrected chi connectivity index (χ4v) is 1.77. The summed E-state index contributed by atoms with van der Waals surface area (Å²) < 4.78 is 4.96. The number of ether oxygens (including phenoxy) is 1. The maximum atomic E-state index is 11.8. The lowest BCUT2D eigenvalue weighted by atomic mass is 10.1. The smallest absolute Gasteiger partial charge is 0.270 e. The molecule has 0 heterocycles. The number of carbonyl (C=O) groups excluding carboxylic acids is 1. The van der Waals surface area contributed by atoms with Crippen molar-refractivity contribution in [1.82, 2.24) is 5.32 Å². The van der Waals surface area contributed by atoms with Crippen LogP contribution in [-0.4, -0.2) is 31.1 Å². The minimum atomic E-state index is -0.561. The van der Waals surface area contributed by atoms with Gasteiger partial charge in [0.05, 0.1) is 22.1 Å². The van der Waals surface area contributed by atoms with Gasteiger partial charge in [0.1, 0.15) is 0 Å². The molecule has 1 atom stereocenters. The van der Waals surface area contributed by atoms with Crippen molar-refractivity contribution < 1.29 is 14.5 Å². The Balaban J connectivity index is 2.70. The number of nitro benzene ring substituents is 1. The standard InChI is InChI=1S/C12H15ClN2O4/c1-8(7-19-2)6-14-12(16)10-4-3-9(15(17)18)5-11(10)13/h3-5,8H,6-7H2,1-2H3,(H,14,16)/t8-/m0/s1. The van der Waals surface area contributed by atoms with E-state index in [1.165, 1.54) is 12.1 Å². The molecule has 0 radical (unpaired) electrons. The number of nitrogens with one attached hydrogen (secondary N) is 1. The number of carbonyl (C=O) groups is 1. The van der Waals surface area contributed by atoms with Gasteiger partial charge in [-0.25, -0.2) is 0 Å². The van der Waals surface area contributed by atoms with Gasteiger partial charge in [-0.2, -0.15) is 0 Å². The molecular weight excluding hydrogens is 272 g/mol. The van der Waals surface area contributed by atoms with Crippen LogP contribution in [0.1, 0.15) is 17.3 Å². The number of nitro groups is 1. The van der Waals surface area contributed by atoms with Crippen molar-refractivity contribution in [3.8, 4) is 0 Å². The maximum absolute atomic E-state index is 11.8. The van der Waals surface area contributed by atoms with Crippen molar-refractivity contribution in [3.63, 3.8) is 0 Å². The number of non-ortho nitro benzene ring substituents is 1. The molecule has 1 rings (SSSR count). The minimum Gasteiger partial charge on any atom is -0.384 e. The van der Waals surface area contributed by atoms with Crippen molar-refractivity contribution >= 4 is 23.2 Å². The monoisotopic (exact) mass is 286 g/mol. The van der Waals surface area contributed by atoms with E-state index in [4.69, 9.17) is 16.3 Å². The van der Waals surface area contributed by atoms with E-state index in [1.54, 1.807) is 7.11 Å². The molecule has 1 amide bonds. The predicted octanol–water partition coefficient (Wildman–Crippen LogP) is 2.26. The zero-order valence-corrected chi connectivity index (χ0v) is 11.4. The average Bonchev–Trinajstić information content (AvgIpc) is 2.36. The third-order valence-corrected chi connectivity index (χ3v) is 2.78. The molecule has 0 aliphatic carbocycles. The molecule has 1 aromatic rings. The van der Waals surface area contributed by atoms with Crippen LogP contribution in [-0.2, 0) is 4.74 Å². The molecule has 19 heavy (non-hydrogen) atoms. The van der Waals surface area contributed by atoms with E-state index in [-0.39, 0.29) is 28.1 Å². The number of methoxy groups -OCH3 is 1. The van der Waals surface area contributed by atoms with Crippen molar-refractivity contribution in [3.05, 3.63) is 38.9 Å². The molecule has 0 unspecified atom stereocenters. The molecule has 0 aliphatic rings. The summed E-state index contributed by atoms with van der Waals surface area (Å²) in [6, 6.07) is 3.76. The summed E-state index contributed by atoms with van der Waals surface area (Å²) >= 11 is 5.85. The normalized spacial score (nSPS) is 11.9. The van der Waals surface area contributed by atoms with Gasteiger partial charge < -0.3 is 10.1 Å². The largest absolute Gasteiger partial charge is 0.384 e. The Morgan fingerprint density at radius 3 is 2.79 bits per heavy atom. The summed E-state index contributed by atoms with van der Waals surface area (Å²) in [5.41, 5.74) is 0.0752. The maximum Gasteiger partial charge on any atom is 0.270 e. The Labute approximate surface area is 115 Å². The van der Waals surface area contributed by atoms with Crippen LogP contribution in [0.25, 0.3) is 0 Å². The van der Waals surface area contributed by atoms with Crippen molar-refractivity contribution in [2.45, 2.75) is 6.92 Å². The molecule has 1 aromatic carbocycles. The molecule has 0 fully saturated rings. The third-order valence-electron chi connectivity index (χ3n) is 2.47. The summed E-state index contributed by atoms with van der Waals surface area (Å²) in [4.78, 5) is 21.8. The number of hydrogen-bond donors (Lipinski definition) is 1. The van der Waals surface area contributed by atoms with Crippen LogP contribution in [0, 0.1) is 16.0 Å². The highest BCUT2D eigenvalue weighted by molar-refractivity contribution is 6.34. The van der Waals surface area contributed by atoms with Gasteiger partial charge in [-0.15, -0.1) is 0 Å². The summed E-state index contributed by atoms with van der Waals surface area (Å²) in [5.74, 6) is -0.186. The fourth-order valence-electron chi connectivity index (χ4n) is 1.51. The zero-order chi connectivity index (χ0) is 14.4. The van der Waals surface area contributed by atoms with Crippen LogP contribution >= 0.6 is 11.6 Å². The summed E-state index contributed by atoms with van der Waals surface area (Å²) in [6.07, 6.45) is 0. The van der Waals surface area contributed by atoms with Gasteiger partial charge >= 0.3 is 0 Å². The molecule has 0 spiro atoms. The molecule has 104 valence electrons. The first-order valence-corrected chi connectivity index (χ1v) is 6.04. The number of rotatable bonds is 6. The van der Waals surface area contributed by atoms with Crippen molar-refractivity contribution in [2.24, 2.45) is 5.92 Å². The van der Waals surface area contributed by atoms with E-state index in [2.05, 4.69) is 5.32 Å². The minimum absolute atomic E-state index is 0.0612. The number of amides is 1. The second-order valence-corrected chi connectivity index (χ2v) is 4.60. The molecule has 1 N–H and O–H groups in total. The Morgan fingerprint density at radius 2 is 2.26 bits per heavy atom. The molecule has 6 nitrogen and oxygen atoms in total. The van der Waals surface area contributed by atoms with Crippen molar-refractivity contribution in [1.29, 1.82) is 0 Å². The molecular formula is C12H15ClN2O4. The first kappa shape index (κ1) is 15.4. The number of hydrogen-bond acceptors (Lipinski definition) is 4. The second-order valence-electron chi connectivity index (χ2n) is 4.19. The molecule has 0 bridgehead atoms. The van der Waals surface area contributed by atoms with Gasteiger partial charge in [-0.3, -0.25) is 14.9 Å². The summed E-state index contributed by atoms with van der Waals surface area (Å²) in [7, 11) is 1.59. The van der Waals surface area contributed by atoms with Crippen LogP contribution < -0.4 is 5.32 Å². The summed E-state index contributed by atoms with van der Waals surface area (Å²) in [6.45, 7) is 2.91. The molecule has 7 heteroatoms. The van der Waals surface area contributed by atoms with Crippen LogP contribution in [0.5, 0.6) is 0 Å². The summed E-state index contributed by atoms with van der Waals surface area (Å²) in [5, 5.41) is 13.3. The van der Waals surface area contributed by atoms with E-state index in [9.17, 15) is 14.9 Å². The van der Waals surface area contributed by atoms with Crippen LogP contribution in [0.15, 0.2) is 18.2 Å². The van der Waals surface area contributed by atoms with Gasteiger partial charge in [-0.05, 0) is 12.0 Å². The van der Waals surface area contributed by atoms with E-state index in [0.717, 1.165) is 6.07 Å². The Hall–Kier alpha value is -1.66. The first-order chi connectivity index (χ1) is 8.95. The lowest BCUT2D eigenvalue weighted by Crippen LogP contribution is -2.30. The topological polar surface area (TPSA) is 81.5 Å². The highest BCUT2D eigenvalue weighted by atomic mass is 35.5. The SMILES string of the molecule is COC[C@@H](C)CNC(=O)c1ccc([N+](=O)[O-])cc1Cl. The molecule has 0 aromatic heterocycles. The average molecular weight is 287 g/mol. The first-order valence-electron chi connectivity index (χ1n) is 5.66. The zero-order valence-electron chi connectivity index (χ0n) is 10.7. The predicted molar refractivity (Wildman–Crippen MR) is 71.5 cm³/mol. The van der Waals surface area contributed by atoms with E-state index >= 15 is 0 Å².